The molecule has 2 aliphatic rings. The van der Waals surface area contributed by atoms with Crippen molar-refractivity contribution in [1.82, 2.24) is 4.90 Å². The van der Waals surface area contributed by atoms with Gasteiger partial charge in [-0.15, -0.1) is 0 Å². The monoisotopic (exact) mass is 372 g/mol. The fourth-order valence-corrected chi connectivity index (χ4v) is 4.21. The molecule has 3 atom stereocenters. The van der Waals surface area contributed by atoms with Crippen molar-refractivity contribution in [1.29, 1.82) is 5.41 Å². The molecule has 0 aliphatic carbocycles. The Hall–Kier alpha value is -2.08. The molecule has 148 valence electrons. The van der Waals surface area contributed by atoms with Gasteiger partial charge in [-0.2, -0.15) is 0 Å². The number of rotatable bonds is 6. The van der Waals surface area contributed by atoms with Crippen LogP contribution in [-0.4, -0.2) is 55.2 Å². The van der Waals surface area contributed by atoms with Crippen LogP contribution in [0.3, 0.4) is 0 Å². The molecule has 1 fully saturated rings. The minimum absolute atomic E-state index is 0.0132. The first-order chi connectivity index (χ1) is 13.0. The molecule has 0 saturated carbocycles. The highest BCUT2D eigenvalue weighted by molar-refractivity contribution is 6.01. The van der Waals surface area contributed by atoms with Gasteiger partial charge in [0.1, 0.15) is 12.0 Å². The van der Waals surface area contributed by atoms with Crippen LogP contribution in [0.25, 0.3) is 0 Å². The SMILES string of the molecule is CCCCC1C([C@@H]2CCCN(c3cccc(OC)c3)C2)=NC(=N)N(C)C1O. The van der Waals surface area contributed by atoms with Gasteiger partial charge in [-0.3, -0.25) is 5.41 Å². The number of piperidine rings is 1. The van der Waals surface area contributed by atoms with Crippen LogP contribution in [0, 0.1) is 17.2 Å². The summed E-state index contributed by atoms with van der Waals surface area (Å²) < 4.78 is 5.37. The van der Waals surface area contributed by atoms with Crippen LogP contribution < -0.4 is 9.64 Å². The quantitative estimate of drug-likeness (QED) is 0.803. The van der Waals surface area contributed by atoms with Crippen molar-refractivity contribution in [2.24, 2.45) is 16.8 Å². The van der Waals surface area contributed by atoms with Crippen molar-refractivity contribution in [3.63, 3.8) is 0 Å². The summed E-state index contributed by atoms with van der Waals surface area (Å²) in [6.07, 6.45) is 4.58. The molecule has 1 saturated heterocycles. The number of hydrogen-bond donors (Lipinski definition) is 2. The summed E-state index contributed by atoms with van der Waals surface area (Å²) in [5, 5.41) is 18.9. The average molecular weight is 373 g/mol. The number of unbranched alkanes of at least 4 members (excludes halogenated alkanes) is 1. The van der Waals surface area contributed by atoms with Crippen LogP contribution in [0.2, 0.25) is 0 Å². The van der Waals surface area contributed by atoms with Crippen LogP contribution >= 0.6 is 0 Å². The number of aliphatic imine (C=N–C) groups is 1. The Kier molecular flexibility index (Phi) is 6.37. The van der Waals surface area contributed by atoms with Gasteiger partial charge in [0.05, 0.1) is 7.11 Å². The van der Waals surface area contributed by atoms with Gasteiger partial charge in [-0.05, 0) is 31.4 Å². The molecule has 27 heavy (non-hydrogen) atoms. The van der Waals surface area contributed by atoms with Gasteiger partial charge in [-0.25, -0.2) is 4.99 Å². The highest BCUT2D eigenvalue weighted by Gasteiger charge is 2.38. The summed E-state index contributed by atoms with van der Waals surface area (Å²) in [7, 11) is 3.45. The molecule has 2 aliphatic heterocycles. The van der Waals surface area contributed by atoms with Gasteiger partial charge in [0.15, 0.2) is 0 Å². The summed E-state index contributed by atoms with van der Waals surface area (Å²) in [5.74, 6) is 1.32. The van der Waals surface area contributed by atoms with E-state index in [0.29, 0.717) is 0 Å². The summed E-state index contributed by atoms with van der Waals surface area (Å²) in [4.78, 5) is 8.62. The zero-order chi connectivity index (χ0) is 19.4. The van der Waals surface area contributed by atoms with Crippen molar-refractivity contribution < 1.29 is 9.84 Å². The molecule has 6 heteroatoms. The van der Waals surface area contributed by atoms with Gasteiger partial charge in [-0.1, -0.05) is 25.8 Å². The van der Waals surface area contributed by atoms with Gasteiger partial charge >= 0.3 is 0 Å². The molecular formula is C21H32N4O2. The maximum Gasteiger partial charge on any atom is 0.219 e. The minimum Gasteiger partial charge on any atom is -0.497 e. The largest absolute Gasteiger partial charge is 0.497 e. The smallest absolute Gasteiger partial charge is 0.219 e. The van der Waals surface area contributed by atoms with E-state index in [0.717, 1.165) is 62.3 Å². The second-order valence-electron chi connectivity index (χ2n) is 7.62. The van der Waals surface area contributed by atoms with Crippen molar-refractivity contribution in [3.8, 4) is 5.75 Å². The molecule has 0 radical (unpaired) electrons. The molecule has 0 aromatic heterocycles. The number of methoxy groups -OCH3 is 1. The number of guanidine groups is 1. The van der Waals surface area contributed by atoms with E-state index in [4.69, 9.17) is 10.1 Å². The molecule has 0 amide bonds. The normalized spacial score (nSPS) is 26.1. The van der Waals surface area contributed by atoms with Gasteiger partial charge < -0.3 is 19.6 Å². The highest BCUT2D eigenvalue weighted by Crippen LogP contribution is 2.32. The Labute approximate surface area is 162 Å². The number of aliphatic hydroxyl groups is 1. The number of aliphatic hydroxyl groups excluding tert-OH is 1. The molecule has 0 bridgehead atoms. The molecule has 1 aromatic rings. The Morgan fingerprint density at radius 2 is 2.19 bits per heavy atom. The van der Waals surface area contributed by atoms with Gasteiger partial charge in [0.25, 0.3) is 0 Å². The molecule has 2 heterocycles. The molecule has 3 rings (SSSR count). The second-order valence-corrected chi connectivity index (χ2v) is 7.62. The molecule has 1 aromatic carbocycles. The third-order valence-electron chi connectivity index (χ3n) is 5.83. The summed E-state index contributed by atoms with van der Waals surface area (Å²) in [5.41, 5.74) is 2.18. The lowest BCUT2D eigenvalue weighted by Gasteiger charge is -2.42. The van der Waals surface area contributed by atoms with Gasteiger partial charge in [0, 0.05) is 49.4 Å². The van der Waals surface area contributed by atoms with E-state index < -0.39 is 6.23 Å². The maximum atomic E-state index is 10.8. The first kappa shape index (κ1) is 19.7. The second kappa shape index (κ2) is 8.74. The van der Waals surface area contributed by atoms with Crippen LogP contribution in [-0.2, 0) is 0 Å². The number of hydrogen-bond acceptors (Lipinski definition) is 4. The number of nitrogens with zero attached hydrogens (tertiary/aromatic N) is 3. The standard InChI is InChI=1S/C21H32N4O2/c1-4-5-11-18-19(23-21(22)24(2)20(18)26)15-8-7-12-25(14-15)16-9-6-10-17(13-16)27-3/h6,9-10,13,15,18,20,22,26H,4-5,7-8,11-12,14H2,1-3H3/t15-,18?,20?/m1/s1. The number of ether oxygens (including phenoxy) is 1. The van der Waals surface area contributed by atoms with Crippen LogP contribution in [0.4, 0.5) is 5.69 Å². The summed E-state index contributed by atoms with van der Waals surface area (Å²) in [6.45, 7) is 4.05. The zero-order valence-electron chi connectivity index (χ0n) is 16.7. The van der Waals surface area contributed by atoms with E-state index in [2.05, 4.69) is 28.9 Å². The fraction of sp³-hybridized carbons (Fsp3) is 0.619. The lowest BCUT2D eigenvalue weighted by molar-refractivity contribution is 0.0281. The molecule has 2 N–H and O–H groups in total. The number of benzene rings is 1. The first-order valence-corrected chi connectivity index (χ1v) is 10.0. The molecule has 6 nitrogen and oxygen atoms in total. The van der Waals surface area contributed by atoms with Crippen molar-refractivity contribution in [2.75, 3.05) is 32.1 Å². The molecular weight excluding hydrogens is 340 g/mol. The van der Waals surface area contributed by atoms with Crippen LogP contribution in [0.5, 0.6) is 5.75 Å². The first-order valence-electron chi connectivity index (χ1n) is 10.0. The van der Waals surface area contributed by atoms with E-state index in [1.54, 1.807) is 19.1 Å². The van der Waals surface area contributed by atoms with Crippen molar-refractivity contribution in [3.05, 3.63) is 24.3 Å². The lowest BCUT2D eigenvalue weighted by Crippen LogP contribution is -2.52. The third kappa shape index (κ3) is 4.26. The van der Waals surface area contributed by atoms with Crippen LogP contribution in [0.1, 0.15) is 39.0 Å². The summed E-state index contributed by atoms with van der Waals surface area (Å²) in [6, 6.07) is 8.18. The predicted octanol–water partition coefficient (Wildman–Crippen LogP) is 3.36. The van der Waals surface area contributed by atoms with Crippen molar-refractivity contribution >= 4 is 17.4 Å². The van der Waals surface area contributed by atoms with E-state index in [1.165, 1.54) is 0 Å². The Morgan fingerprint density at radius 1 is 1.37 bits per heavy atom. The van der Waals surface area contributed by atoms with E-state index in [1.807, 2.05) is 12.1 Å². The predicted molar refractivity (Wildman–Crippen MR) is 110 cm³/mol. The van der Waals surface area contributed by atoms with E-state index in [9.17, 15) is 5.11 Å². The minimum atomic E-state index is -0.649. The van der Waals surface area contributed by atoms with Crippen molar-refractivity contribution in [2.45, 2.75) is 45.3 Å². The third-order valence-corrected chi connectivity index (χ3v) is 5.83. The van der Waals surface area contributed by atoms with Crippen LogP contribution in [0.15, 0.2) is 29.3 Å². The molecule has 2 unspecified atom stereocenters. The molecule has 0 spiro atoms. The average Bonchev–Trinajstić information content (AvgIpc) is 2.71. The Bertz CT molecular complexity index is 691. The fourth-order valence-electron chi connectivity index (χ4n) is 4.21. The summed E-state index contributed by atoms with van der Waals surface area (Å²) >= 11 is 0. The highest BCUT2D eigenvalue weighted by atomic mass is 16.5. The topological polar surface area (TPSA) is 72.2 Å². The van der Waals surface area contributed by atoms with E-state index >= 15 is 0 Å². The number of nitrogens with one attached hydrogen (secondary N) is 1. The maximum absolute atomic E-state index is 10.8. The number of anilines is 1. The Balaban J connectivity index is 1.82. The lowest BCUT2D eigenvalue weighted by atomic mass is 9.81. The van der Waals surface area contributed by atoms with E-state index in [-0.39, 0.29) is 17.8 Å². The Morgan fingerprint density at radius 3 is 2.93 bits per heavy atom. The zero-order valence-corrected chi connectivity index (χ0v) is 16.7. The van der Waals surface area contributed by atoms with Gasteiger partial charge in [0.2, 0.25) is 5.96 Å².